The average Bonchev–Trinajstić information content (AvgIpc) is 2.37. The molecule has 0 saturated carbocycles. The second-order valence-corrected chi connectivity index (χ2v) is 5.51. The molecule has 1 aromatic rings. The van der Waals surface area contributed by atoms with Gasteiger partial charge in [-0.3, -0.25) is 0 Å². The van der Waals surface area contributed by atoms with E-state index < -0.39 is 0 Å². The maximum absolute atomic E-state index is 5.26. The number of hydrogen-bond donors (Lipinski definition) is 0. The maximum Gasteiger partial charge on any atom is 0.214 e. The first-order valence-corrected chi connectivity index (χ1v) is 7.37. The van der Waals surface area contributed by atoms with E-state index in [0.717, 1.165) is 18.9 Å². The zero-order valence-electron chi connectivity index (χ0n) is 11.7. The molecule has 0 unspecified atom stereocenters. The highest BCUT2D eigenvalue weighted by molar-refractivity contribution is 5.42. The van der Waals surface area contributed by atoms with E-state index >= 15 is 0 Å². The lowest BCUT2D eigenvalue weighted by Gasteiger charge is -2.40. The Morgan fingerprint density at radius 1 is 1.11 bits per heavy atom. The van der Waals surface area contributed by atoms with Crippen LogP contribution in [0.25, 0.3) is 0 Å². The second-order valence-electron chi connectivity index (χ2n) is 5.51. The van der Waals surface area contributed by atoms with Crippen LogP contribution in [0, 0.1) is 0 Å². The van der Waals surface area contributed by atoms with Crippen LogP contribution in [0.1, 0.15) is 25.7 Å². The van der Waals surface area contributed by atoms with E-state index in [1.165, 1.54) is 38.8 Å². The van der Waals surface area contributed by atoms with E-state index in [9.17, 15) is 0 Å². The Labute approximate surface area is 115 Å². The van der Waals surface area contributed by atoms with Gasteiger partial charge in [0.1, 0.15) is 5.82 Å². The lowest BCUT2D eigenvalue weighted by molar-refractivity contribution is 0.217. The molecule has 104 valence electrons. The third-order valence-corrected chi connectivity index (χ3v) is 4.33. The monoisotopic (exact) mass is 261 g/mol. The van der Waals surface area contributed by atoms with Gasteiger partial charge in [0.05, 0.1) is 7.11 Å². The fourth-order valence-corrected chi connectivity index (χ4v) is 3.30. The topological polar surface area (TPSA) is 28.6 Å². The van der Waals surface area contributed by atoms with Gasteiger partial charge in [0.25, 0.3) is 0 Å². The van der Waals surface area contributed by atoms with Crippen LogP contribution in [0.5, 0.6) is 5.88 Å². The summed E-state index contributed by atoms with van der Waals surface area (Å²) in [7, 11) is 1.68. The standard InChI is InChI=1S/C15H23N3O/c1-19-15-8-2-7-14(16-15)18-12-11-17-9-3-5-13(18)6-4-10-17/h2,7-8,13H,3-6,9-12H2,1H3. The van der Waals surface area contributed by atoms with E-state index in [1.54, 1.807) is 7.11 Å². The molecule has 0 atom stereocenters. The lowest BCUT2D eigenvalue weighted by atomic mass is 9.99. The predicted molar refractivity (Wildman–Crippen MR) is 76.8 cm³/mol. The quantitative estimate of drug-likeness (QED) is 0.815. The smallest absolute Gasteiger partial charge is 0.214 e. The van der Waals surface area contributed by atoms with Gasteiger partial charge >= 0.3 is 0 Å². The molecule has 0 spiro atoms. The molecule has 4 heteroatoms. The third kappa shape index (κ3) is 2.84. The molecule has 19 heavy (non-hydrogen) atoms. The summed E-state index contributed by atoms with van der Waals surface area (Å²) in [5.74, 6) is 1.79. The Balaban J connectivity index is 1.84. The number of aromatic nitrogens is 1. The molecule has 2 bridgehead atoms. The summed E-state index contributed by atoms with van der Waals surface area (Å²) in [5, 5.41) is 0. The van der Waals surface area contributed by atoms with Gasteiger partial charge in [-0.2, -0.15) is 4.98 Å². The van der Waals surface area contributed by atoms with Crippen LogP contribution in [0.3, 0.4) is 0 Å². The number of rotatable bonds is 2. The molecule has 4 nitrogen and oxygen atoms in total. The Morgan fingerprint density at radius 3 is 2.63 bits per heavy atom. The van der Waals surface area contributed by atoms with E-state index in [-0.39, 0.29) is 0 Å². The summed E-state index contributed by atoms with van der Waals surface area (Å²) in [6.45, 7) is 4.80. The fourth-order valence-electron chi connectivity index (χ4n) is 3.30. The zero-order valence-corrected chi connectivity index (χ0v) is 11.7. The molecule has 3 aliphatic rings. The number of anilines is 1. The fraction of sp³-hybridized carbons (Fsp3) is 0.667. The molecule has 0 radical (unpaired) electrons. The molecule has 3 saturated heterocycles. The van der Waals surface area contributed by atoms with E-state index in [2.05, 4.69) is 20.9 Å². The highest BCUT2D eigenvalue weighted by Crippen LogP contribution is 2.26. The van der Waals surface area contributed by atoms with Gasteiger partial charge in [-0.05, 0) is 44.8 Å². The molecule has 0 amide bonds. The summed E-state index contributed by atoms with van der Waals surface area (Å²) in [5.41, 5.74) is 0. The van der Waals surface area contributed by atoms with Crippen molar-refractivity contribution in [3.8, 4) is 5.88 Å². The molecule has 0 aromatic carbocycles. The van der Waals surface area contributed by atoms with Gasteiger partial charge in [0.15, 0.2) is 0 Å². The largest absolute Gasteiger partial charge is 0.481 e. The van der Waals surface area contributed by atoms with Crippen LogP contribution in [0.4, 0.5) is 5.82 Å². The summed E-state index contributed by atoms with van der Waals surface area (Å²) in [6.07, 6.45) is 5.20. The predicted octanol–water partition coefficient (Wildman–Crippen LogP) is 2.15. The van der Waals surface area contributed by atoms with Crippen LogP contribution in [0.2, 0.25) is 0 Å². The van der Waals surface area contributed by atoms with Crippen LogP contribution in [-0.2, 0) is 0 Å². The van der Waals surface area contributed by atoms with Crippen molar-refractivity contribution in [2.45, 2.75) is 31.7 Å². The van der Waals surface area contributed by atoms with Crippen molar-refractivity contribution in [2.75, 3.05) is 38.2 Å². The van der Waals surface area contributed by atoms with Gasteiger partial charge in [-0.15, -0.1) is 0 Å². The molecule has 4 rings (SSSR count). The number of fused-ring (bicyclic) bond motifs is 6. The normalized spacial score (nSPS) is 27.5. The lowest BCUT2D eigenvalue weighted by Crippen LogP contribution is -2.47. The minimum Gasteiger partial charge on any atom is -0.481 e. The third-order valence-electron chi connectivity index (χ3n) is 4.33. The Hall–Kier alpha value is -1.29. The van der Waals surface area contributed by atoms with Gasteiger partial charge in [-0.1, -0.05) is 6.07 Å². The molecule has 0 N–H and O–H groups in total. The van der Waals surface area contributed by atoms with Crippen molar-refractivity contribution in [1.82, 2.24) is 9.88 Å². The zero-order chi connectivity index (χ0) is 13.1. The van der Waals surface area contributed by atoms with Gasteiger partial charge < -0.3 is 14.5 Å². The Morgan fingerprint density at radius 2 is 1.89 bits per heavy atom. The first-order chi connectivity index (χ1) is 9.36. The first-order valence-electron chi connectivity index (χ1n) is 7.37. The van der Waals surface area contributed by atoms with E-state index in [4.69, 9.17) is 4.74 Å². The average molecular weight is 261 g/mol. The van der Waals surface area contributed by atoms with Gasteiger partial charge in [-0.25, -0.2) is 0 Å². The van der Waals surface area contributed by atoms with Crippen LogP contribution < -0.4 is 9.64 Å². The Kier molecular flexibility index (Phi) is 3.87. The SMILES string of the molecule is COc1cccc(N2CCN3CCCC2CCC3)n1. The molecule has 3 aliphatic heterocycles. The van der Waals surface area contributed by atoms with Crippen molar-refractivity contribution < 1.29 is 4.74 Å². The number of pyridine rings is 1. The summed E-state index contributed by atoms with van der Waals surface area (Å²) >= 11 is 0. The molecule has 4 heterocycles. The van der Waals surface area contributed by atoms with E-state index in [1.807, 2.05) is 12.1 Å². The molecular formula is C15H23N3O. The van der Waals surface area contributed by atoms with Gasteiger partial charge in [0.2, 0.25) is 5.88 Å². The van der Waals surface area contributed by atoms with Crippen molar-refractivity contribution in [1.29, 1.82) is 0 Å². The number of methoxy groups -OCH3 is 1. The molecule has 0 aliphatic carbocycles. The molecule has 1 aromatic heterocycles. The molecular weight excluding hydrogens is 238 g/mol. The summed E-state index contributed by atoms with van der Waals surface area (Å²) < 4.78 is 5.26. The second kappa shape index (κ2) is 5.78. The van der Waals surface area contributed by atoms with Crippen molar-refractivity contribution in [3.63, 3.8) is 0 Å². The highest BCUT2D eigenvalue weighted by atomic mass is 16.5. The van der Waals surface area contributed by atoms with Crippen LogP contribution in [-0.4, -0.2) is 49.2 Å². The number of hydrogen-bond acceptors (Lipinski definition) is 4. The van der Waals surface area contributed by atoms with Crippen molar-refractivity contribution in [3.05, 3.63) is 18.2 Å². The van der Waals surface area contributed by atoms with E-state index in [0.29, 0.717) is 11.9 Å². The number of ether oxygens (including phenoxy) is 1. The first kappa shape index (κ1) is 12.7. The van der Waals surface area contributed by atoms with Crippen molar-refractivity contribution >= 4 is 5.82 Å². The highest BCUT2D eigenvalue weighted by Gasteiger charge is 2.26. The summed E-state index contributed by atoms with van der Waals surface area (Å²) in [4.78, 5) is 9.71. The van der Waals surface area contributed by atoms with Crippen molar-refractivity contribution in [2.24, 2.45) is 0 Å². The Bertz CT molecular complexity index is 414. The minimum atomic E-state index is 0.655. The minimum absolute atomic E-state index is 0.655. The summed E-state index contributed by atoms with van der Waals surface area (Å²) in [6, 6.07) is 6.73. The maximum atomic E-state index is 5.26. The van der Waals surface area contributed by atoms with Crippen LogP contribution in [0.15, 0.2) is 18.2 Å². The molecule has 3 fully saturated rings. The van der Waals surface area contributed by atoms with Gasteiger partial charge in [0, 0.05) is 25.2 Å². The van der Waals surface area contributed by atoms with Crippen LogP contribution >= 0.6 is 0 Å². The number of nitrogens with zero attached hydrogens (tertiary/aromatic N) is 3.